The summed E-state index contributed by atoms with van der Waals surface area (Å²) in [4.78, 5) is 0.314. The Balaban J connectivity index is 1.45. The molecule has 27 heavy (non-hydrogen) atoms. The van der Waals surface area contributed by atoms with E-state index in [1.165, 1.54) is 19.3 Å². The fourth-order valence-electron chi connectivity index (χ4n) is 5.64. The molecule has 0 aromatic heterocycles. The van der Waals surface area contributed by atoms with Crippen molar-refractivity contribution < 1.29 is 8.42 Å². The molecule has 4 bridgehead atoms. The molecule has 0 spiro atoms. The van der Waals surface area contributed by atoms with Crippen LogP contribution in [0.2, 0.25) is 0 Å². The number of rotatable bonds is 6. The van der Waals surface area contributed by atoms with Crippen molar-refractivity contribution in [1.29, 1.82) is 0 Å². The highest BCUT2D eigenvalue weighted by Crippen LogP contribution is 2.55. The molecule has 146 valence electrons. The monoisotopic (exact) mass is 405 g/mol. The number of hydrogen-bond acceptors (Lipinski definition) is 3. The molecule has 4 aliphatic rings. The molecule has 0 atom stereocenters. The lowest BCUT2D eigenvalue weighted by molar-refractivity contribution is -0.00810. The lowest BCUT2D eigenvalue weighted by Crippen LogP contribution is -2.59. The van der Waals surface area contributed by atoms with Gasteiger partial charge in [0.2, 0.25) is 10.0 Å². The summed E-state index contributed by atoms with van der Waals surface area (Å²) in [5, 5.41) is 6.51. The van der Waals surface area contributed by atoms with Crippen molar-refractivity contribution in [2.24, 2.45) is 17.8 Å². The molecule has 5 nitrogen and oxygen atoms in total. The van der Waals surface area contributed by atoms with Gasteiger partial charge in [-0.05, 0) is 92.8 Å². The normalized spacial score (nSPS) is 31.5. The Morgan fingerprint density at radius 3 is 2.19 bits per heavy atom. The molecule has 1 aromatic carbocycles. The van der Waals surface area contributed by atoms with Gasteiger partial charge in [0.05, 0.1) is 4.90 Å². The van der Waals surface area contributed by atoms with Crippen LogP contribution in [-0.4, -0.2) is 25.6 Å². The van der Waals surface area contributed by atoms with Crippen LogP contribution < -0.4 is 15.4 Å². The molecule has 0 aliphatic heterocycles. The predicted molar refractivity (Wildman–Crippen MR) is 112 cm³/mol. The Kier molecular flexibility index (Phi) is 5.03. The molecule has 7 heteroatoms. The highest BCUT2D eigenvalue weighted by Gasteiger charge is 2.52. The van der Waals surface area contributed by atoms with E-state index in [2.05, 4.69) is 21.9 Å². The van der Waals surface area contributed by atoms with Crippen molar-refractivity contribution in [3.8, 4) is 0 Å². The topological polar surface area (TPSA) is 70.2 Å². The first-order valence-electron chi connectivity index (χ1n) is 9.67. The van der Waals surface area contributed by atoms with Crippen LogP contribution in [0.1, 0.15) is 38.5 Å². The van der Waals surface area contributed by atoms with Crippen molar-refractivity contribution in [3.63, 3.8) is 0 Å². The van der Waals surface area contributed by atoms with E-state index < -0.39 is 10.0 Å². The first-order valence-corrected chi connectivity index (χ1v) is 11.6. The molecule has 4 fully saturated rings. The summed E-state index contributed by atoms with van der Waals surface area (Å²) >= 11 is 5.18. The molecule has 5 rings (SSSR count). The molecule has 0 unspecified atom stereocenters. The van der Waals surface area contributed by atoms with E-state index in [9.17, 15) is 8.42 Å². The molecule has 1 aromatic rings. The second kappa shape index (κ2) is 7.18. The average molecular weight is 406 g/mol. The molecule has 0 radical (unpaired) electrons. The van der Waals surface area contributed by atoms with Gasteiger partial charge in [-0.25, -0.2) is 13.1 Å². The van der Waals surface area contributed by atoms with Gasteiger partial charge in [0.15, 0.2) is 5.11 Å². The van der Waals surface area contributed by atoms with Gasteiger partial charge in [-0.2, -0.15) is 0 Å². The lowest BCUT2D eigenvalue weighted by Gasteiger charge is -2.56. The number of benzene rings is 1. The Hall–Kier alpha value is -1.44. The first-order chi connectivity index (χ1) is 12.9. The van der Waals surface area contributed by atoms with Crippen molar-refractivity contribution in [2.45, 2.75) is 49.0 Å². The standard InChI is InChI=1S/C20H27N3O2S2/c1-2-7-21-19(26)22-17-3-5-18(6-4-17)27(24,25)23-20-11-14-8-15(12-20)10-16(9-14)13-20/h2-6,14-16,23H,1,7-13H2,(H2,21,22,26). The SMILES string of the molecule is C=CCNC(=S)Nc1ccc(S(=O)(=O)NC23CC4CC(CC(C4)C2)C3)cc1. The van der Waals surface area contributed by atoms with Gasteiger partial charge in [-0.3, -0.25) is 0 Å². The maximum absolute atomic E-state index is 13.0. The van der Waals surface area contributed by atoms with E-state index in [1.807, 2.05) is 0 Å². The van der Waals surface area contributed by atoms with Crippen LogP contribution in [0.3, 0.4) is 0 Å². The van der Waals surface area contributed by atoms with E-state index in [-0.39, 0.29) is 5.54 Å². The van der Waals surface area contributed by atoms with Crippen LogP contribution in [-0.2, 0) is 10.0 Å². The molecule has 0 amide bonds. The second-order valence-corrected chi connectivity index (χ2v) is 10.5. The molecule has 0 saturated heterocycles. The van der Waals surface area contributed by atoms with Crippen molar-refractivity contribution in [3.05, 3.63) is 36.9 Å². The Bertz CT molecular complexity index is 798. The van der Waals surface area contributed by atoms with Crippen molar-refractivity contribution in [1.82, 2.24) is 10.0 Å². The van der Waals surface area contributed by atoms with Gasteiger partial charge in [0, 0.05) is 17.8 Å². The minimum absolute atomic E-state index is 0.222. The molecule has 4 saturated carbocycles. The van der Waals surface area contributed by atoms with Gasteiger partial charge < -0.3 is 10.6 Å². The van der Waals surface area contributed by atoms with Gasteiger partial charge in [-0.1, -0.05) is 6.08 Å². The summed E-state index contributed by atoms with van der Waals surface area (Å²) in [6.45, 7) is 4.21. The highest BCUT2D eigenvalue weighted by atomic mass is 32.2. The third-order valence-corrected chi connectivity index (χ3v) is 8.06. The Morgan fingerprint density at radius 1 is 1.11 bits per heavy atom. The first kappa shape index (κ1) is 18.9. The fourth-order valence-corrected chi connectivity index (χ4v) is 7.27. The minimum atomic E-state index is -3.52. The predicted octanol–water partition coefficient (Wildman–Crippen LogP) is 3.41. The number of nitrogens with one attached hydrogen (secondary N) is 3. The molecule has 0 heterocycles. The van der Waals surface area contributed by atoms with Crippen LogP contribution in [0.5, 0.6) is 0 Å². The van der Waals surface area contributed by atoms with E-state index in [0.29, 0.717) is 34.3 Å². The zero-order valence-corrected chi connectivity index (χ0v) is 17.0. The van der Waals surface area contributed by atoms with Crippen LogP contribution in [0.15, 0.2) is 41.8 Å². The fraction of sp³-hybridized carbons (Fsp3) is 0.550. The third kappa shape index (κ3) is 4.05. The number of hydrogen-bond donors (Lipinski definition) is 3. The van der Waals surface area contributed by atoms with Crippen LogP contribution in [0.4, 0.5) is 5.69 Å². The average Bonchev–Trinajstić information content (AvgIpc) is 2.58. The smallest absolute Gasteiger partial charge is 0.241 e. The largest absolute Gasteiger partial charge is 0.359 e. The van der Waals surface area contributed by atoms with Crippen LogP contribution >= 0.6 is 12.2 Å². The Labute approximate surface area is 167 Å². The number of sulfonamides is 1. The van der Waals surface area contributed by atoms with Gasteiger partial charge in [-0.15, -0.1) is 6.58 Å². The summed E-state index contributed by atoms with van der Waals surface area (Å²) in [6, 6.07) is 6.77. The zero-order chi connectivity index (χ0) is 19.1. The second-order valence-electron chi connectivity index (χ2n) is 8.45. The number of anilines is 1. The minimum Gasteiger partial charge on any atom is -0.359 e. The quantitative estimate of drug-likeness (QED) is 0.500. The van der Waals surface area contributed by atoms with Crippen LogP contribution in [0, 0.1) is 17.8 Å². The van der Waals surface area contributed by atoms with E-state index in [1.54, 1.807) is 30.3 Å². The van der Waals surface area contributed by atoms with Gasteiger partial charge >= 0.3 is 0 Å². The molecular weight excluding hydrogens is 378 g/mol. The third-order valence-electron chi connectivity index (χ3n) is 6.22. The van der Waals surface area contributed by atoms with Gasteiger partial charge in [0.25, 0.3) is 0 Å². The van der Waals surface area contributed by atoms with Crippen LogP contribution in [0.25, 0.3) is 0 Å². The molecular formula is C20H27N3O2S2. The maximum Gasteiger partial charge on any atom is 0.241 e. The summed E-state index contributed by atoms with van der Waals surface area (Å²) in [5.41, 5.74) is 0.533. The number of thiocarbonyl (C=S) groups is 1. The van der Waals surface area contributed by atoms with E-state index >= 15 is 0 Å². The molecule has 3 N–H and O–H groups in total. The summed E-state index contributed by atoms with van der Waals surface area (Å²) in [6.07, 6.45) is 8.60. The molecule has 4 aliphatic carbocycles. The Morgan fingerprint density at radius 2 is 1.67 bits per heavy atom. The zero-order valence-electron chi connectivity index (χ0n) is 15.4. The van der Waals surface area contributed by atoms with Crippen molar-refractivity contribution >= 4 is 33.0 Å². The van der Waals surface area contributed by atoms with Gasteiger partial charge in [0.1, 0.15) is 0 Å². The van der Waals surface area contributed by atoms with E-state index in [4.69, 9.17) is 12.2 Å². The van der Waals surface area contributed by atoms with Crippen molar-refractivity contribution in [2.75, 3.05) is 11.9 Å². The highest BCUT2D eigenvalue weighted by molar-refractivity contribution is 7.89. The summed E-state index contributed by atoms with van der Waals surface area (Å²) < 4.78 is 29.1. The summed E-state index contributed by atoms with van der Waals surface area (Å²) in [5.74, 6) is 2.11. The lowest BCUT2D eigenvalue weighted by atomic mass is 9.53. The summed E-state index contributed by atoms with van der Waals surface area (Å²) in [7, 11) is -3.52. The van der Waals surface area contributed by atoms with E-state index in [0.717, 1.165) is 24.9 Å². The maximum atomic E-state index is 13.0.